The number of pyridine rings is 1. The van der Waals surface area contributed by atoms with Crippen LogP contribution in [0, 0.1) is 0 Å². The molecule has 0 bridgehead atoms. The van der Waals surface area contributed by atoms with Gasteiger partial charge in [0, 0.05) is 12.5 Å². The molecule has 24 heavy (non-hydrogen) atoms. The number of benzene rings is 2. The fourth-order valence-corrected chi connectivity index (χ4v) is 2.46. The van der Waals surface area contributed by atoms with Crippen LogP contribution in [0.15, 0.2) is 60.7 Å². The molecule has 5 nitrogen and oxygen atoms in total. The lowest BCUT2D eigenvalue weighted by molar-refractivity contribution is -0.148. The summed E-state index contributed by atoms with van der Waals surface area (Å²) in [6.07, 6.45) is -0.971. The lowest BCUT2D eigenvalue weighted by Gasteiger charge is -2.12. The van der Waals surface area contributed by atoms with E-state index in [2.05, 4.69) is 4.98 Å². The SMILES string of the molecule is COC(C(=O)O)c1ccc(OCc2ccc3ccccc3n2)cc1. The summed E-state index contributed by atoms with van der Waals surface area (Å²) in [5.74, 6) is -0.375. The van der Waals surface area contributed by atoms with Gasteiger partial charge in [0.1, 0.15) is 12.4 Å². The zero-order chi connectivity index (χ0) is 16.9. The number of carboxylic acid groups (broad SMARTS) is 1. The van der Waals surface area contributed by atoms with Gasteiger partial charge in [-0.2, -0.15) is 0 Å². The third kappa shape index (κ3) is 3.52. The molecule has 0 fully saturated rings. The number of carbonyl (C=O) groups is 1. The predicted molar refractivity (Wildman–Crippen MR) is 89.9 cm³/mol. The van der Waals surface area contributed by atoms with E-state index < -0.39 is 12.1 Å². The van der Waals surface area contributed by atoms with Crippen LogP contribution in [0.2, 0.25) is 0 Å². The van der Waals surface area contributed by atoms with Gasteiger partial charge in [-0.15, -0.1) is 0 Å². The number of rotatable bonds is 6. The van der Waals surface area contributed by atoms with E-state index in [9.17, 15) is 4.79 Å². The number of aliphatic carboxylic acids is 1. The average molecular weight is 323 g/mol. The summed E-state index contributed by atoms with van der Waals surface area (Å²) < 4.78 is 10.7. The third-order valence-electron chi connectivity index (χ3n) is 3.69. The molecule has 1 unspecified atom stereocenters. The Kier molecular flexibility index (Phi) is 4.72. The fourth-order valence-electron chi connectivity index (χ4n) is 2.46. The molecule has 122 valence electrons. The average Bonchev–Trinajstić information content (AvgIpc) is 2.61. The molecule has 0 spiro atoms. The summed E-state index contributed by atoms with van der Waals surface area (Å²) in [6.45, 7) is 0.344. The van der Waals surface area contributed by atoms with E-state index >= 15 is 0 Å². The molecule has 1 N–H and O–H groups in total. The van der Waals surface area contributed by atoms with Crippen LogP contribution in [-0.4, -0.2) is 23.2 Å². The van der Waals surface area contributed by atoms with Gasteiger partial charge in [-0.3, -0.25) is 0 Å². The highest BCUT2D eigenvalue weighted by Gasteiger charge is 2.18. The number of methoxy groups -OCH3 is 1. The molecule has 0 aliphatic rings. The molecule has 3 aromatic rings. The van der Waals surface area contributed by atoms with E-state index in [0.29, 0.717) is 17.9 Å². The van der Waals surface area contributed by atoms with E-state index in [-0.39, 0.29) is 0 Å². The topological polar surface area (TPSA) is 68.7 Å². The van der Waals surface area contributed by atoms with Crippen LogP contribution in [0.25, 0.3) is 10.9 Å². The number of carboxylic acids is 1. The molecule has 1 heterocycles. The molecule has 0 saturated carbocycles. The molecule has 3 rings (SSSR count). The smallest absolute Gasteiger partial charge is 0.337 e. The monoisotopic (exact) mass is 323 g/mol. The molecule has 2 aromatic carbocycles. The highest BCUT2D eigenvalue weighted by atomic mass is 16.5. The van der Waals surface area contributed by atoms with Crippen LogP contribution in [0.5, 0.6) is 5.75 Å². The zero-order valence-corrected chi connectivity index (χ0v) is 13.2. The molecule has 1 atom stereocenters. The first-order valence-corrected chi connectivity index (χ1v) is 7.50. The normalized spacial score (nSPS) is 12.0. The summed E-state index contributed by atoms with van der Waals surface area (Å²) in [4.78, 5) is 15.6. The minimum atomic E-state index is -1.02. The molecule has 0 saturated heterocycles. The van der Waals surface area contributed by atoms with Crippen molar-refractivity contribution in [1.82, 2.24) is 4.98 Å². The molecule has 0 amide bonds. The van der Waals surface area contributed by atoms with Crippen LogP contribution >= 0.6 is 0 Å². The summed E-state index contributed by atoms with van der Waals surface area (Å²) >= 11 is 0. The highest BCUT2D eigenvalue weighted by molar-refractivity contribution is 5.78. The van der Waals surface area contributed by atoms with Crippen molar-refractivity contribution in [3.8, 4) is 5.75 Å². The largest absolute Gasteiger partial charge is 0.487 e. The Bertz CT molecular complexity index is 845. The Labute approximate surface area is 139 Å². The highest BCUT2D eigenvalue weighted by Crippen LogP contribution is 2.21. The van der Waals surface area contributed by atoms with Gasteiger partial charge in [0.15, 0.2) is 6.10 Å². The maximum absolute atomic E-state index is 11.1. The third-order valence-corrected chi connectivity index (χ3v) is 3.69. The van der Waals surface area contributed by atoms with Gasteiger partial charge >= 0.3 is 5.97 Å². The Balaban J connectivity index is 1.68. The lowest BCUT2D eigenvalue weighted by atomic mass is 10.1. The van der Waals surface area contributed by atoms with E-state index in [0.717, 1.165) is 16.6 Å². The number of hydrogen-bond acceptors (Lipinski definition) is 4. The van der Waals surface area contributed by atoms with E-state index in [1.807, 2.05) is 36.4 Å². The van der Waals surface area contributed by atoms with Crippen molar-refractivity contribution >= 4 is 16.9 Å². The molecule has 1 aromatic heterocycles. The summed E-state index contributed by atoms with van der Waals surface area (Å²) in [5, 5.41) is 10.2. The quantitative estimate of drug-likeness (QED) is 0.751. The number of nitrogens with zero attached hydrogens (tertiary/aromatic N) is 1. The number of hydrogen-bond donors (Lipinski definition) is 1. The summed E-state index contributed by atoms with van der Waals surface area (Å²) in [7, 11) is 1.37. The van der Waals surface area contributed by atoms with Gasteiger partial charge in [-0.25, -0.2) is 9.78 Å². The second kappa shape index (κ2) is 7.10. The van der Waals surface area contributed by atoms with Gasteiger partial charge in [0.25, 0.3) is 0 Å². The Morgan fingerprint density at radius 2 is 1.83 bits per heavy atom. The van der Waals surface area contributed by atoms with E-state index in [1.165, 1.54) is 7.11 Å². The molecule has 5 heteroatoms. The van der Waals surface area contributed by atoms with Crippen LogP contribution in [0.3, 0.4) is 0 Å². The van der Waals surface area contributed by atoms with Gasteiger partial charge in [-0.05, 0) is 29.8 Å². The van der Waals surface area contributed by atoms with Crippen LogP contribution in [0.4, 0.5) is 0 Å². The molecular weight excluding hydrogens is 306 g/mol. The number of ether oxygens (including phenoxy) is 2. The van der Waals surface area contributed by atoms with Crippen molar-refractivity contribution in [3.63, 3.8) is 0 Å². The number of para-hydroxylation sites is 1. The maximum atomic E-state index is 11.1. The second-order valence-corrected chi connectivity index (χ2v) is 5.31. The van der Waals surface area contributed by atoms with E-state index in [4.69, 9.17) is 14.6 Å². The summed E-state index contributed by atoms with van der Waals surface area (Å²) in [5.41, 5.74) is 2.33. The Hall–Kier alpha value is -2.92. The minimum absolute atomic E-state index is 0.344. The molecular formula is C19H17NO4. The predicted octanol–water partition coefficient (Wildman–Crippen LogP) is 3.59. The van der Waals surface area contributed by atoms with Crippen LogP contribution in [0.1, 0.15) is 17.4 Å². The molecule has 0 aliphatic heterocycles. The Morgan fingerprint density at radius 3 is 2.54 bits per heavy atom. The molecule has 0 aliphatic carbocycles. The fraction of sp³-hybridized carbons (Fsp3) is 0.158. The van der Waals surface area contributed by atoms with Crippen LogP contribution in [-0.2, 0) is 16.1 Å². The zero-order valence-electron chi connectivity index (χ0n) is 13.2. The van der Waals surface area contributed by atoms with Gasteiger partial charge in [0.05, 0.1) is 11.2 Å². The van der Waals surface area contributed by atoms with Gasteiger partial charge in [-0.1, -0.05) is 36.4 Å². The number of aromatic nitrogens is 1. The van der Waals surface area contributed by atoms with Crippen molar-refractivity contribution in [2.45, 2.75) is 12.7 Å². The first kappa shape index (κ1) is 16.0. The Morgan fingerprint density at radius 1 is 1.08 bits per heavy atom. The minimum Gasteiger partial charge on any atom is -0.487 e. The van der Waals surface area contributed by atoms with Gasteiger partial charge < -0.3 is 14.6 Å². The molecule has 0 radical (unpaired) electrons. The van der Waals surface area contributed by atoms with Crippen molar-refractivity contribution in [2.24, 2.45) is 0 Å². The van der Waals surface area contributed by atoms with E-state index in [1.54, 1.807) is 24.3 Å². The van der Waals surface area contributed by atoms with Crippen molar-refractivity contribution in [1.29, 1.82) is 0 Å². The standard InChI is InChI=1S/C19H17NO4/c1-23-18(19(21)22)14-7-10-16(11-8-14)24-12-15-9-6-13-4-2-3-5-17(13)20-15/h2-11,18H,12H2,1H3,(H,21,22). The lowest BCUT2D eigenvalue weighted by Crippen LogP contribution is -2.13. The summed E-state index contributed by atoms with van der Waals surface area (Å²) in [6, 6.07) is 18.7. The van der Waals surface area contributed by atoms with Crippen molar-refractivity contribution in [2.75, 3.05) is 7.11 Å². The van der Waals surface area contributed by atoms with Crippen LogP contribution < -0.4 is 4.74 Å². The maximum Gasteiger partial charge on any atom is 0.337 e. The first-order valence-electron chi connectivity index (χ1n) is 7.50. The second-order valence-electron chi connectivity index (χ2n) is 5.31. The number of fused-ring (bicyclic) bond motifs is 1. The first-order chi connectivity index (χ1) is 11.7. The van der Waals surface area contributed by atoms with Gasteiger partial charge in [0.2, 0.25) is 0 Å². The van der Waals surface area contributed by atoms with Crippen molar-refractivity contribution < 1.29 is 19.4 Å². The van der Waals surface area contributed by atoms with Crippen molar-refractivity contribution in [3.05, 3.63) is 71.9 Å².